The van der Waals surface area contributed by atoms with Gasteiger partial charge in [-0.15, -0.1) is 0 Å². The molecule has 0 radical (unpaired) electrons. The zero-order chi connectivity index (χ0) is 25.1. The molecule has 3 heteroatoms. The maximum Gasteiger partial charge on any atom is 0.192 e. The van der Waals surface area contributed by atoms with E-state index in [1.54, 1.807) is 0 Å². The Bertz CT molecular complexity index is 1550. The number of allylic oxidation sites excluding steroid dienone is 5. The number of carbonyl (C=O) groups excluding carboxylic acids is 1. The first-order valence-electron chi connectivity index (χ1n) is 12.8. The number of fused-ring (bicyclic) bond motifs is 3. The fraction of sp³-hybridized carbons (Fsp3) is 0.212. The quantitative estimate of drug-likeness (QED) is 0.203. The molecule has 0 saturated heterocycles. The summed E-state index contributed by atoms with van der Waals surface area (Å²) in [6, 6.07) is 22.7. The standard InChI is InChI=1S/C33H32N2O/c1-3-35-31-19-17-25(30(34)16-10-8-14-24-12-5-4-6-13-24)21-28(31)29-22-26(18-20-32(29)35)33(36)27-15-9-7-11-23(27)2/h4-6,8-9,12-15,17-22,34H,3,7,10-11,16H2,1-2H3/b14-8+,34-30?. The molecule has 0 aliphatic heterocycles. The number of Topliss-reactive ketones (excluding diaryl/α,β-unsaturated/α-hetero) is 1. The molecule has 5 rings (SSSR count). The molecule has 1 aliphatic carbocycles. The lowest BCUT2D eigenvalue weighted by Gasteiger charge is -2.12. The number of aryl methyl sites for hydroxylation is 1. The summed E-state index contributed by atoms with van der Waals surface area (Å²) in [5.41, 5.74) is 7.74. The van der Waals surface area contributed by atoms with E-state index in [1.165, 1.54) is 5.56 Å². The molecule has 180 valence electrons. The van der Waals surface area contributed by atoms with Crippen molar-refractivity contribution in [2.75, 3.05) is 0 Å². The van der Waals surface area contributed by atoms with Crippen LogP contribution in [0.2, 0.25) is 0 Å². The first-order chi connectivity index (χ1) is 17.6. The van der Waals surface area contributed by atoms with Gasteiger partial charge in [0.2, 0.25) is 0 Å². The van der Waals surface area contributed by atoms with Gasteiger partial charge in [0, 0.05) is 45.2 Å². The van der Waals surface area contributed by atoms with Crippen LogP contribution in [0.5, 0.6) is 0 Å². The average molecular weight is 473 g/mol. The van der Waals surface area contributed by atoms with Gasteiger partial charge in [0.15, 0.2) is 5.78 Å². The first-order valence-corrected chi connectivity index (χ1v) is 12.8. The molecule has 4 aromatic rings. The Balaban J connectivity index is 1.45. The molecule has 0 fully saturated rings. The summed E-state index contributed by atoms with van der Waals surface area (Å²) in [6.45, 7) is 5.06. The Morgan fingerprint density at radius 3 is 2.36 bits per heavy atom. The van der Waals surface area contributed by atoms with Crippen molar-refractivity contribution in [3.8, 4) is 0 Å². The number of rotatable bonds is 8. The first kappa shape index (κ1) is 23.7. The van der Waals surface area contributed by atoms with Crippen LogP contribution in [0.15, 0.2) is 96.1 Å². The van der Waals surface area contributed by atoms with Crippen molar-refractivity contribution in [3.05, 3.63) is 113 Å². The average Bonchev–Trinajstić information content (AvgIpc) is 3.23. The Morgan fingerprint density at radius 1 is 0.972 bits per heavy atom. The van der Waals surface area contributed by atoms with Crippen LogP contribution >= 0.6 is 0 Å². The van der Waals surface area contributed by atoms with Crippen LogP contribution in [0.3, 0.4) is 0 Å². The summed E-state index contributed by atoms with van der Waals surface area (Å²) < 4.78 is 2.29. The SMILES string of the molecule is CCn1c2ccc(C(=N)CC/C=C/c3ccccc3)cc2c2cc(C(=O)C3=C(C)CCC=C3)ccc21. The molecule has 0 unspecified atom stereocenters. The van der Waals surface area contributed by atoms with Crippen molar-refractivity contribution < 1.29 is 4.79 Å². The van der Waals surface area contributed by atoms with Gasteiger partial charge in [0.25, 0.3) is 0 Å². The molecule has 1 aliphatic rings. The van der Waals surface area contributed by atoms with Crippen LogP contribution in [0.1, 0.15) is 61.0 Å². The van der Waals surface area contributed by atoms with E-state index in [-0.39, 0.29) is 5.78 Å². The highest BCUT2D eigenvalue weighted by Gasteiger charge is 2.18. The van der Waals surface area contributed by atoms with Crippen LogP contribution in [-0.4, -0.2) is 16.1 Å². The van der Waals surface area contributed by atoms with Gasteiger partial charge in [-0.3, -0.25) is 4.79 Å². The Hall–Kier alpha value is -3.98. The second-order valence-corrected chi connectivity index (χ2v) is 9.50. The minimum atomic E-state index is 0.0943. The van der Waals surface area contributed by atoms with Crippen molar-refractivity contribution in [2.45, 2.75) is 46.1 Å². The van der Waals surface area contributed by atoms with E-state index >= 15 is 0 Å². The van der Waals surface area contributed by atoms with Gasteiger partial charge in [0.1, 0.15) is 0 Å². The van der Waals surface area contributed by atoms with E-state index in [9.17, 15) is 4.79 Å². The summed E-state index contributed by atoms with van der Waals surface area (Å²) in [7, 11) is 0. The summed E-state index contributed by atoms with van der Waals surface area (Å²) in [4.78, 5) is 13.3. The Morgan fingerprint density at radius 2 is 1.67 bits per heavy atom. The van der Waals surface area contributed by atoms with Crippen LogP contribution in [-0.2, 0) is 6.54 Å². The highest BCUT2D eigenvalue weighted by Crippen LogP contribution is 2.32. The largest absolute Gasteiger partial charge is 0.341 e. The Kier molecular flexibility index (Phi) is 6.81. The number of nitrogens with one attached hydrogen (secondary N) is 1. The molecule has 0 atom stereocenters. The predicted molar refractivity (Wildman–Crippen MR) is 152 cm³/mol. The molecule has 0 spiro atoms. The van der Waals surface area contributed by atoms with E-state index < -0.39 is 0 Å². The number of aromatic nitrogens is 1. The number of carbonyl (C=O) groups is 1. The van der Waals surface area contributed by atoms with E-state index in [1.807, 2.05) is 36.4 Å². The van der Waals surface area contributed by atoms with Crippen LogP contribution < -0.4 is 0 Å². The molecule has 1 heterocycles. The summed E-state index contributed by atoms with van der Waals surface area (Å²) in [5.74, 6) is 0.0943. The van der Waals surface area contributed by atoms with Crippen molar-refractivity contribution >= 4 is 39.4 Å². The van der Waals surface area contributed by atoms with Gasteiger partial charge in [-0.1, -0.05) is 66.3 Å². The third kappa shape index (κ3) is 4.61. The maximum absolute atomic E-state index is 13.3. The van der Waals surface area contributed by atoms with E-state index in [0.717, 1.165) is 69.9 Å². The molecule has 0 amide bonds. The smallest absolute Gasteiger partial charge is 0.192 e. The van der Waals surface area contributed by atoms with Gasteiger partial charge >= 0.3 is 0 Å². The number of nitrogens with zero attached hydrogens (tertiary/aromatic N) is 1. The van der Waals surface area contributed by atoms with Crippen molar-refractivity contribution in [1.29, 1.82) is 5.41 Å². The van der Waals surface area contributed by atoms with E-state index in [0.29, 0.717) is 12.1 Å². The highest BCUT2D eigenvalue weighted by atomic mass is 16.1. The second kappa shape index (κ2) is 10.3. The predicted octanol–water partition coefficient (Wildman–Crippen LogP) is 8.53. The summed E-state index contributed by atoms with van der Waals surface area (Å²) >= 11 is 0. The lowest BCUT2D eigenvalue weighted by molar-refractivity contribution is 0.103. The number of benzene rings is 3. The molecule has 1 aromatic heterocycles. The van der Waals surface area contributed by atoms with Gasteiger partial charge in [-0.2, -0.15) is 0 Å². The normalized spacial score (nSPS) is 13.8. The van der Waals surface area contributed by atoms with E-state index in [2.05, 4.69) is 73.0 Å². The van der Waals surface area contributed by atoms with Crippen molar-refractivity contribution in [3.63, 3.8) is 0 Å². The molecule has 1 N–H and O–H groups in total. The summed E-state index contributed by atoms with van der Waals surface area (Å²) in [5, 5.41) is 10.9. The molecule has 0 saturated carbocycles. The molecule has 3 nitrogen and oxygen atoms in total. The molecular weight excluding hydrogens is 440 g/mol. The minimum Gasteiger partial charge on any atom is -0.341 e. The molecular formula is C33H32N2O. The zero-order valence-corrected chi connectivity index (χ0v) is 21.1. The monoisotopic (exact) mass is 472 g/mol. The molecule has 0 bridgehead atoms. The topological polar surface area (TPSA) is 45.9 Å². The fourth-order valence-electron chi connectivity index (χ4n) is 5.13. The van der Waals surface area contributed by atoms with Crippen molar-refractivity contribution in [1.82, 2.24) is 4.57 Å². The van der Waals surface area contributed by atoms with Crippen LogP contribution in [0, 0.1) is 5.41 Å². The van der Waals surface area contributed by atoms with Crippen LogP contribution in [0.4, 0.5) is 0 Å². The lowest BCUT2D eigenvalue weighted by atomic mass is 9.92. The maximum atomic E-state index is 13.3. The zero-order valence-electron chi connectivity index (χ0n) is 21.1. The van der Waals surface area contributed by atoms with E-state index in [4.69, 9.17) is 5.41 Å². The van der Waals surface area contributed by atoms with Gasteiger partial charge in [-0.05, 0) is 81.0 Å². The van der Waals surface area contributed by atoms with Gasteiger partial charge in [-0.25, -0.2) is 0 Å². The second-order valence-electron chi connectivity index (χ2n) is 9.50. The minimum absolute atomic E-state index is 0.0943. The van der Waals surface area contributed by atoms with Gasteiger partial charge < -0.3 is 9.98 Å². The third-order valence-corrected chi connectivity index (χ3v) is 7.14. The fourth-order valence-corrected chi connectivity index (χ4v) is 5.13. The number of hydrogen-bond acceptors (Lipinski definition) is 2. The summed E-state index contributed by atoms with van der Waals surface area (Å²) in [6.07, 6.45) is 11.8. The van der Waals surface area contributed by atoms with Crippen molar-refractivity contribution in [2.24, 2.45) is 0 Å². The number of hydrogen-bond donors (Lipinski definition) is 1. The van der Waals surface area contributed by atoms with Crippen LogP contribution in [0.25, 0.3) is 27.9 Å². The Labute approximate surface area is 213 Å². The van der Waals surface area contributed by atoms with Gasteiger partial charge in [0.05, 0.1) is 0 Å². The molecule has 3 aromatic carbocycles. The number of ketones is 1. The third-order valence-electron chi connectivity index (χ3n) is 7.14. The molecule has 36 heavy (non-hydrogen) atoms. The highest BCUT2D eigenvalue weighted by molar-refractivity contribution is 6.16. The lowest BCUT2D eigenvalue weighted by Crippen LogP contribution is -2.06.